The van der Waals surface area contributed by atoms with Gasteiger partial charge in [0, 0.05) is 5.69 Å². The van der Waals surface area contributed by atoms with E-state index < -0.39 is 11.9 Å². The fraction of sp³-hybridized carbons (Fsp3) is 0.0714. The first-order valence-corrected chi connectivity index (χ1v) is 5.81. The zero-order valence-electron chi connectivity index (χ0n) is 10.4. The zero-order valence-corrected chi connectivity index (χ0v) is 10.4. The van der Waals surface area contributed by atoms with Gasteiger partial charge in [-0.2, -0.15) is 0 Å². The molecule has 0 radical (unpaired) electrons. The number of carboxylic acids is 1. The van der Waals surface area contributed by atoms with E-state index in [4.69, 9.17) is 10.2 Å². The van der Waals surface area contributed by atoms with Crippen molar-refractivity contribution in [1.82, 2.24) is 4.98 Å². The van der Waals surface area contributed by atoms with Crippen molar-refractivity contribution in [3.05, 3.63) is 59.4 Å². The summed E-state index contributed by atoms with van der Waals surface area (Å²) in [5, 5.41) is 20.3. The van der Waals surface area contributed by atoms with Gasteiger partial charge in [-0.3, -0.25) is 4.79 Å². The zero-order chi connectivity index (χ0) is 14.5. The fourth-order valence-electron chi connectivity index (χ4n) is 1.57. The number of carboxylic acid groups (broad SMARTS) is 1. The molecule has 0 aliphatic carbocycles. The molecule has 20 heavy (non-hydrogen) atoms. The normalized spacial score (nSPS) is 10.1. The highest BCUT2D eigenvalue weighted by atomic mass is 16.4. The van der Waals surface area contributed by atoms with Gasteiger partial charge in [-0.1, -0.05) is 18.2 Å². The average molecular weight is 272 g/mol. The van der Waals surface area contributed by atoms with Gasteiger partial charge < -0.3 is 15.5 Å². The molecule has 3 N–H and O–H groups in total. The van der Waals surface area contributed by atoms with E-state index in [0.717, 1.165) is 5.56 Å². The van der Waals surface area contributed by atoms with Crippen LogP contribution in [-0.4, -0.2) is 27.1 Å². The molecular weight excluding hydrogens is 260 g/mol. The predicted octanol–water partition coefficient (Wildman–Crippen LogP) is 1.52. The third-order valence-electron chi connectivity index (χ3n) is 2.60. The molecular formula is C14H12N2O4. The van der Waals surface area contributed by atoms with Crippen LogP contribution in [0.2, 0.25) is 0 Å². The molecule has 1 heterocycles. The van der Waals surface area contributed by atoms with Crippen LogP contribution in [0.15, 0.2) is 42.5 Å². The number of aliphatic hydroxyl groups excluding tert-OH is 1. The van der Waals surface area contributed by atoms with Crippen LogP contribution in [0.5, 0.6) is 0 Å². The van der Waals surface area contributed by atoms with Crippen LogP contribution in [0.4, 0.5) is 5.69 Å². The van der Waals surface area contributed by atoms with Crippen LogP contribution >= 0.6 is 0 Å². The Morgan fingerprint density at radius 1 is 1.05 bits per heavy atom. The molecule has 1 aromatic heterocycles. The van der Waals surface area contributed by atoms with Gasteiger partial charge in [0.1, 0.15) is 11.4 Å². The highest BCUT2D eigenvalue weighted by Gasteiger charge is 2.11. The maximum absolute atomic E-state index is 11.9. The van der Waals surface area contributed by atoms with Crippen LogP contribution in [0.3, 0.4) is 0 Å². The van der Waals surface area contributed by atoms with E-state index in [0.29, 0.717) is 5.69 Å². The number of hydrogen-bond donors (Lipinski definition) is 3. The highest BCUT2D eigenvalue weighted by Crippen LogP contribution is 2.11. The smallest absolute Gasteiger partial charge is 0.354 e. The lowest BCUT2D eigenvalue weighted by Gasteiger charge is -2.06. The number of amides is 1. The van der Waals surface area contributed by atoms with Gasteiger partial charge in [0.15, 0.2) is 0 Å². The Balaban J connectivity index is 2.14. The van der Waals surface area contributed by atoms with Crippen LogP contribution in [-0.2, 0) is 6.61 Å². The maximum atomic E-state index is 11.9. The van der Waals surface area contributed by atoms with Crippen molar-refractivity contribution in [2.75, 3.05) is 5.32 Å². The van der Waals surface area contributed by atoms with Gasteiger partial charge in [-0.05, 0) is 29.8 Å². The Morgan fingerprint density at radius 3 is 2.30 bits per heavy atom. The third-order valence-corrected chi connectivity index (χ3v) is 2.60. The van der Waals surface area contributed by atoms with Crippen LogP contribution in [0.1, 0.15) is 26.5 Å². The number of pyridine rings is 1. The predicted molar refractivity (Wildman–Crippen MR) is 71.5 cm³/mol. The minimum Gasteiger partial charge on any atom is -0.477 e. The first-order chi connectivity index (χ1) is 9.60. The Labute approximate surface area is 114 Å². The maximum Gasteiger partial charge on any atom is 0.354 e. The summed E-state index contributed by atoms with van der Waals surface area (Å²) >= 11 is 0. The molecule has 2 aromatic rings. The standard InChI is InChI=1S/C14H12N2O4/c17-8-9-4-6-10(7-5-9)15-13(18)11-2-1-3-12(16-11)14(19)20/h1-7,17H,8H2,(H,15,18)(H,19,20). The summed E-state index contributed by atoms with van der Waals surface area (Å²) < 4.78 is 0. The Kier molecular flexibility index (Phi) is 4.07. The van der Waals surface area contributed by atoms with Crippen molar-refractivity contribution < 1.29 is 19.8 Å². The lowest BCUT2D eigenvalue weighted by atomic mass is 10.2. The molecule has 0 bridgehead atoms. The van der Waals surface area contributed by atoms with Gasteiger partial charge in [0.2, 0.25) is 0 Å². The number of carbonyl (C=O) groups is 2. The topological polar surface area (TPSA) is 99.5 Å². The lowest BCUT2D eigenvalue weighted by molar-refractivity contribution is 0.0690. The first-order valence-electron chi connectivity index (χ1n) is 5.81. The molecule has 0 spiro atoms. The minimum atomic E-state index is -1.19. The highest BCUT2D eigenvalue weighted by molar-refractivity contribution is 6.03. The van der Waals surface area contributed by atoms with Crippen molar-refractivity contribution in [1.29, 1.82) is 0 Å². The summed E-state index contributed by atoms with van der Waals surface area (Å²) in [4.78, 5) is 26.5. The molecule has 0 saturated heterocycles. The molecule has 102 valence electrons. The van der Waals surface area contributed by atoms with E-state index in [1.165, 1.54) is 18.2 Å². The van der Waals surface area contributed by atoms with E-state index in [9.17, 15) is 9.59 Å². The van der Waals surface area contributed by atoms with E-state index in [1.807, 2.05) is 0 Å². The number of aromatic nitrogens is 1. The van der Waals surface area contributed by atoms with Crippen molar-refractivity contribution in [3.63, 3.8) is 0 Å². The van der Waals surface area contributed by atoms with Crippen LogP contribution < -0.4 is 5.32 Å². The van der Waals surface area contributed by atoms with Crippen LogP contribution in [0.25, 0.3) is 0 Å². The molecule has 0 fully saturated rings. The van der Waals surface area contributed by atoms with Gasteiger partial charge >= 0.3 is 5.97 Å². The molecule has 0 saturated carbocycles. The molecule has 6 nitrogen and oxygen atoms in total. The molecule has 1 aromatic carbocycles. The number of anilines is 1. The van der Waals surface area contributed by atoms with E-state index in [2.05, 4.69) is 10.3 Å². The van der Waals surface area contributed by atoms with E-state index >= 15 is 0 Å². The molecule has 0 aliphatic rings. The van der Waals surface area contributed by atoms with Crippen molar-refractivity contribution >= 4 is 17.6 Å². The molecule has 0 aliphatic heterocycles. The summed E-state index contributed by atoms with van der Waals surface area (Å²) in [7, 11) is 0. The number of nitrogens with zero attached hydrogens (tertiary/aromatic N) is 1. The number of nitrogens with one attached hydrogen (secondary N) is 1. The Morgan fingerprint density at radius 2 is 1.70 bits per heavy atom. The summed E-state index contributed by atoms with van der Waals surface area (Å²) in [5.41, 5.74) is 1.10. The third kappa shape index (κ3) is 3.18. The number of carbonyl (C=O) groups excluding carboxylic acids is 1. The van der Waals surface area contributed by atoms with E-state index in [-0.39, 0.29) is 18.0 Å². The lowest BCUT2D eigenvalue weighted by Crippen LogP contribution is -2.15. The Bertz CT molecular complexity index is 638. The second-order valence-electron chi connectivity index (χ2n) is 4.02. The van der Waals surface area contributed by atoms with Crippen molar-refractivity contribution in [2.24, 2.45) is 0 Å². The number of rotatable bonds is 4. The molecule has 0 unspecified atom stereocenters. The summed E-state index contributed by atoms with van der Waals surface area (Å²) in [6.45, 7) is -0.0730. The molecule has 1 amide bonds. The van der Waals surface area contributed by atoms with Crippen molar-refractivity contribution in [2.45, 2.75) is 6.61 Å². The molecule has 0 atom stereocenters. The van der Waals surface area contributed by atoms with Crippen LogP contribution in [0, 0.1) is 0 Å². The first kappa shape index (κ1) is 13.7. The summed E-state index contributed by atoms with van der Waals surface area (Å²) in [6, 6.07) is 10.8. The summed E-state index contributed by atoms with van der Waals surface area (Å²) in [5.74, 6) is -1.68. The molecule has 6 heteroatoms. The summed E-state index contributed by atoms with van der Waals surface area (Å²) in [6.07, 6.45) is 0. The minimum absolute atomic E-state index is 0.0242. The van der Waals surface area contributed by atoms with Gasteiger partial charge in [-0.15, -0.1) is 0 Å². The monoisotopic (exact) mass is 272 g/mol. The average Bonchev–Trinajstić information content (AvgIpc) is 2.48. The van der Waals surface area contributed by atoms with E-state index in [1.54, 1.807) is 24.3 Å². The number of aliphatic hydroxyl groups is 1. The Hall–Kier alpha value is -2.73. The van der Waals surface area contributed by atoms with Gasteiger partial charge in [0.05, 0.1) is 6.61 Å². The second kappa shape index (κ2) is 5.94. The number of hydrogen-bond acceptors (Lipinski definition) is 4. The SMILES string of the molecule is O=C(O)c1cccc(C(=O)Nc2ccc(CO)cc2)n1. The fourth-order valence-corrected chi connectivity index (χ4v) is 1.57. The second-order valence-corrected chi connectivity index (χ2v) is 4.02. The van der Waals surface area contributed by atoms with Gasteiger partial charge in [0.25, 0.3) is 5.91 Å². The largest absolute Gasteiger partial charge is 0.477 e. The quantitative estimate of drug-likeness (QED) is 0.783. The number of benzene rings is 1. The van der Waals surface area contributed by atoms with Crippen molar-refractivity contribution in [3.8, 4) is 0 Å². The number of aromatic carboxylic acids is 1. The molecule has 2 rings (SSSR count). The van der Waals surface area contributed by atoms with Gasteiger partial charge in [-0.25, -0.2) is 9.78 Å².